The van der Waals surface area contributed by atoms with Gasteiger partial charge in [-0.2, -0.15) is 0 Å². The number of carboxylic acids is 1. The van der Waals surface area contributed by atoms with Crippen molar-refractivity contribution in [2.24, 2.45) is 0 Å². The number of carboxylic acid groups (broad SMARTS) is 1. The fourth-order valence-corrected chi connectivity index (χ4v) is 1.91. The summed E-state index contributed by atoms with van der Waals surface area (Å²) in [5.41, 5.74) is 1.75. The number of hydrogen-bond acceptors (Lipinski definition) is 4. The average Bonchev–Trinajstić information content (AvgIpc) is 2.36. The summed E-state index contributed by atoms with van der Waals surface area (Å²) < 4.78 is 0. The number of carbonyl (C=O) groups is 1. The van der Waals surface area contributed by atoms with E-state index in [1.54, 1.807) is 0 Å². The average molecular weight is 285 g/mol. The fourth-order valence-electron chi connectivity index (χ4n) is 1.91. The van der Waals surface area contributed by atoms with Crippen molar-refractivity contribution >= 4 is 11.8 Å². The molecule has 2 rings (SSSR count). The maximum Gasteiger partial charge on any atom is 0.341 e. The molecule has 0 bridgehead atoms. The Hall–Kier alpha value is -2.43. The minimum atomic E-state index is -1.04. The SMILES string of the molecule is Cc1cccc(-c2ncc(C(=O)O)c(NC(C)(C)C)n2)c1. The van der Waals surface area contributed by atoms with E-state index in [0.29, 0.717) is 11.6 Å². The Kier molecular flexibility index (Phi) is 3.93. The Morgan fingerprint density at radius 2 is 2.00 bits per heavy atom. The Morgan fingerprint density at radius 3 is 2.57 bits per heavy atom. The summed E-state index contributed by atoms with van der Waals surface area (Å²) in [6.07, 6.45) is 1.35. The van der Waals surface area contributed by atoms with Crippen LogP contribution in [0.1, 0.15) is 36.7 Å². The van der Waals surface area contributed by atoms with Gasteiger partial charge in [0, 0.05) is 17.3 Å². The highest BCUT2D eigenvalue weighted by molar-refractivity contribution is 5.93. The Balaban J connectivity index is 2.51. The van der Waals surface area contributed by atoms with Crippen LogP contribution in [0.5, 0.6) is 0 Å². The Labute approximate surface area is 124 Å². The second-order valence-electron chi connectivity index (χ2n) is 6.01. The predicted octanol–water partition coefficient (Wildman–Crippen LogP) is 3.36. The first-order valence-electron chi connectivity index (χ1n) is 6.72. The van der Waals surface area contributed by atoms with Gasteiger partial charge in [0.1, 0.15) is 11.4 Å². The number of rotatable bonds is 3. The summed E-state index contributed by atoms with van der Waals surface area (Å²) in [6.45, 7) is 7.84. The highest BCUT2D eigenvalue weighted by Gasteiger charge is 2.19. The van der Waals surface area contributed by atoms with Gasteiger partial charge in [-0.1, -0.05) is 23.8 Å². The van der Waals surface area contributed by atoms with Crippen LogP contribution in [0.3, 0.4) is 0 Å². The highest BCUT2D eigenvalue weighted by atomic mass is 16.4. The topological polar surface area (TPSA) is 75.1 Å². The van der Waals surface area contributed by atoms with E-state index in [4.69, 9.17) is 0 Å². The second-order valence-corrected chi connectivity index (χ2v) is 6.01. The zero-order chi connectivity index (χ0) is 15.6. The normalized spacial score (nSPS) is 11.2. The first kappa shape index (κ1) is 15.0. The number of nitrogens with zero attached hydrogens (tertiary/aromatic N) is 2. The van der Waals surface area contributed by atoms with Crippen molar-refractivity contribution in [2.75, 3.05) is 5.32 Å². The Morgan fingerprint density at radius 1 is 1.29 bits per heavy atom. The number of hydrogen-bond donors (Lipinski definition) is 2. The number of benzene rings is 1. The number of aromatic carboxylic acids is 1. The van der Waals surface area contributed by atoms with Crippen LogP contribution in [-0.2, 0) is 0 Å². The van der Waals surface area contributed by atoms with Crippen molar-refractivity contribution in [1.82, 2.24) is 9.97 Å². The van der Waals surface area contributed by atoms with Crippen LogP contribution in [0.25, 0.3) is 11.4 Å². The zero-order valence-corrected chi connectivity index (χ0v) is 12.6. The quantitative estimate of drug-likeness (QED) is 0.904. The molecule has 0 radical (unpaired) electrons. The van der Waals surface area contributed by atoms with Crippen LogP contribution in [0, 0.1) is 6.92 Å². The van der Waals surface area contributed by atoms with Crippen molar-refractivity contribution < 1.29 is 9.90 Å². The number of aromatic nitrogens is 2. The first-order chi connectivity index (χ1) is 9.76. The summed E-state index contributed by atoms with van der Waals surface area (Å²) in [4.78, 5) is 19.8. The zero-order valence-electron chi connectivity index (χ0n) is 12.6. The van der Waals surface area contributed by atoms with Gasteiger partial charge in [-0.05, 0) is 33.8 Å². The molecular weight excluding hydrogens is 266 g/mol. The summed E-state index contributed by atoms with van der Waals surface area (Å²) in [5, 5.41) is 12.4. The van der Waals surface area contributed by atoms with E-state index in [-0.39, 0.29) is 11.1 Å². The minimum absolute atomic E-state index is 0.0707. The van der Waals surface area contributed by atoms with E-state index >= 15 is 0 Å². The number of aryl methyl sites for hydroxylation is 1. The van der Waals surface area contributed by atoms with Gasteiger partial charge in [0.05, 0.1) is 0 Å². The van der Waals surface area contributed by atoms with Crippen LogP contribution in [0.4, 0.5) is 5.82 Å². The number of anilines is 1. The van der Waals surface area contributed by atoms with E-state index < -0.39 is 5.97 Å². The van der Waals surface area contributed by atoms with Crippen LogP contribution in [0.15, 0.2) is 30.5 Å². The molecular formula is C16H19N3O2. The van der Waals surface area contributed by atoms with Crippen molar-refractivity contribution in [3.8, 4) is 11.4 Å². The monoisotopic (exact) mass is 285 g/mol. The largest absolute Gasteiger partial charge is 0.477 e. The van der Waals surface area contributed by atoms with Crippen molar-refractivity contribution in [1.29, 1.82) is 0 Å². The molecule has 2 aromatic rings. The van der Waals surface area contributed by atoms with Crippen LogP contribution in [-0.4, -0.2) is 26.6 Å². The van der Waals surface area contributed by atoms with Gasteiger partial charge in [-0.3, -0.25) is 0 Å². The maximum absolute atomic E-state index is 11.3. The van der Waals surface area contributed by atoms with E-state index in [1.807, 2.05) is 52.0 Å². The van der Waals surface area contributed by atoms with Gasteiger partial charge in [-0.25, -0.2) is 14.8 Å². The van der Waals surface area contributed by atoms with Gasteiger partial charge in [0.15, 0.2) is 5.82 Å². The molecule has 21 heavy (non-hydrogen) atoms. The van der Waals surface area contributed by atoms with Crippen molar-refractivity contribution in [2.45, 2.75) is 33.2 Å². The lowest BCUT2D eigenvalue weighted by molar-refractivity contribution is 0.0697. The lowest BCUT2D eigenvalue weighted by atomic mass is 10.1. The van der Waals surface area contributed by atoms with Crippen LogP contribution < -0.4 is 5.32 Å². The lowest BCUT2D eigenvalue weighted by Gasteiger charge is -2.22. The fraction of sp³-hybridized carbons (Fsp3) is 0.312. The third kappa shape index (κ3) is 3.78. The molecule has 1 heterocycles. The van der Waals surface area contributed by atoms with E-state index in [1.165, 1.54) is 6.20 Å². The van der Waals surface area contributed by atoms with E-state index in [9.17, 15) is 9.90 Å². The first-order valence-corrected chi connectivity index (χ1v) is 6.72. The van der Waals surface area contributed by atoms with E-state index in [0.717, 1.165) is 11.1 Å². The van der Waals surface area contributed by atoms with Crippen LogP contribution in [0.2, 0.25) is 0 Å². The Bertz CT molecular complexity index is 675. The molecule has 0 unspecified atom stereocenters. The molecule has 1 aromatic heterocycles. The third-order valence-corrected chi connectivity index (χ3v) is 2.79. The maximum atomic E-state index is 11.3. The molecule has 0 aliphatic carbocycles. The second kappa shape index (κ2) is 5.52. The molecule has 0 fully saturated rings. The van der Waals surface area contributed by atoms with Gasteiger partial charge in [0.2, 0.25) is 0 Å². The van der Waals surface area contributed by atoms with Gasteiger partial charge < -0.3 is 10.4 Å². The predicted molar refractivity (Wildman–Crippen MR) is 82.5 cm³/mol. The molecule has 0 aliphatic rings. The highest BCUT2D eigenvalue weighted by Crippen LogP contribution is 2.22. The molecule has 0 saturated carbocycles. The summed E-state index contributed by atoms with van der Waals surface area (Å²) >= 11 is 0. The summed E-state index contributed by atoms with van der Waals surface area (Å²) in [6, 6.07) is 7.79. The minimum Gasteiger partial charge on any atom is -0.477 e. The van der Waals surface area contributed by atoms with Gasteiger partial charge >= 0.3 is 5.97 Å². The molecule has 0 atom stereocenters. The van der Waals surface area contributed by atoms with Gasteiger partial charge in [0.25, 0.3) is 0 Å². The summed E-state index contributed by atoms with van der Waals surface area (Å²) in [5.74, 6) is -0.200. The van der Waals surface area contributed by atoms with Gasteiger partial charge in [-0.15, -0.1) is 0 Å². The molecule has 2 N–H and O–H groups in total. The van der Waals surface area contributed by atoms with Crippen LogP contribution >= 0.6 is 0 Å². The molecule has 0 amide bonds. The third-order valence-electron chi connectivity index (χ3n) is 2.79. The molecule has 1 aromatic carbocycles. The molecule has 0 saturated heterocycles. The molecule has 5 heteroatoms. The standard InChI is InChI=1S/C16H19N3O2/c1-10-6-5-7-11(8-10)13-17-9-12(15(20)21)14(18-13)19-16(2,3)4/h5-9H,1-4H3,(H,20,21)(H,17,18,19). The summed E-state index contributed by atoms with van der Waals surface area (Å²) in [7, 11) is 0. The smallest absolute Gasteiger partial charge is 0.341 e. The molecule has 110 valence electrons. The molecule has 0 spiro atoms. The molecule has 5 nitrogen and oxygen atoms in total. The van der Waals surface area contributed by atoms with E-state index in [2.05, 4.69) is 15.3 Å². The number of nitrogens with one attached hydrogen (secondary N) is 1. The molecule has 0 aliphatic heterocycles. The van der Waals surface area contributed by atoms with Crippen molar-refractivity contribution in [3.05, 3.63) is 41.6 Å². The van der Waals surface area contributed by atoms with Crippen molar-refractivity contribution in [3.63, 3.8) is 0 Å². The lowest BCUT2D eigenvalue weighted by Crippen LogP contribution is -2.28.